The van der Waals surface area contributed by atoms with Crippen LogP contribution in [0.2, 0.25) is 0 Å². The van der Waals surface area contributed by atoms with Crippen LogP contribution in [0.25, 0.3) is 0 Å². The van der Waals surface area contributed by atoms with Crippen molar-refractivity contribution in [1.29, 1.82) is 5.41 Å². The van der Waals surface area contributed by atoms with Crippen molar-refractivity contribution >= 4 is 16.0 Å². The topological polar surface area (TPSA) is 117 Å². The van der Waals surface area contributed by atoms with E-state index in [4.69, 9.17) is 15.3 Å². The highest BCUT2D eigenvalue weighted by Crippen LogP contribution is 2.24. The molecular weight excluding hydrogens is 328 g/mol. The summed E-state index contributed by atoms with van der Waals surface area (Å²) in [6, 6.07) is 8.01. The first-order valence-electron chi connectivity index (χ1n) is 8.23. The molecule has 1 aromatic rings. The third-order valence-electron chi connectivity index (χ3n) is 3.97. The molecule has 0 bridgehead atoms. The molecule has 1 heterocycles. The Morgan fingerprint density at radius 2 is 2.21 bits per heavy atom. The highest BCUT2D eigenvalue weighted by atomic mass is 32.2. The lowest BCUT2D eigenvalue weighted by Gasteiger charge is -2.23. The van der Waals surface area contributed by atoms with E-state index in [1.54, 1.807) is 0 Å². The first-order valence-corrected chi connectivity index (χ1v) is 9.78. The van der Waals surface area contributed by atoms with Crippen LogP contribution >= 0.6 is 0 Å². The molecule has 1 saturated heterocycles. The number of hydrogen-bond acceptors (Lipinski definition) is 5. The van der Waals surface area contributed by atoms with Crippen molar-refractivity contribution in [3.8, 4) is 5.75 Å². The number of para-hydroxylation sites is 1. The van der Waals surface area contributed by atoms with Gasteiger partial charge in [-0.3, -0.25) is 10.1 Å². The lowest BCUT2D eigenvalue weighted by molar-refractivity contribution is 0.305. The molecule has 0 aromatic heterocycles. The van der Waals surface area contributed by atoms with Crippen LogP contribution in [-0.4, -0.2) is 33.9 Å². The average molecular weight is 354 g/mol. The Balaban J connectivity index is 1.79. The van der Waals surface area contributed by atoms with Gasteiger partial charge in [-0.2, -0.15) is 8.42 Å². The van der Waals surface area contributed by atoms with Gasteiger partial charge in [-0.15, -0.1) is 0 Å². The van der Waals surface area contributed by atoms with E-state index in [0.29, 0.717) is 18.9 Å². The van der Waals surface area contributed by atoms with Gasteiger partial charge in [0.15, 0.2) is 0 Å². The maximum absolute atomic E-state index is 10.8. The average Bonchev–Trinajstić information content (AvgIpc) is 2.52. The molecule has 1 aliphatic heterocycles. The van der Waals surface area contributed by atoms with Crippen LogP contribution in [-0.2, 0) is 16.6 Å². The van der Waals surface area contributed by atoms with Crippen LogP contribution in [0.15, 0.2) is 24.3 Å². The Kier molecular flexibility index (Phi) is 7.01. The Morgan fingerprint density at radius 1 is 1.42 bits per heavy atom. The number of amidine groups is 1. The van der Waals surface area contributed by atoms with E-state index < -0.39 is 10.2 Å². The standard InChI is InChI=1S/C16H26N4O3S/c17-16(20-24(18,21)22)8-4-10-23-15-7-2-1-6-14(15)11-13-5-3-9-19-12-13/h1-2,6-7,13,19H,3-5,8-12H2,(H2,17,20)(H2,18,21,22). The fraction of sp³-hybridized carbons (Fsp3) is 0.562. The van der Waals surface area contributed by atoms with Gasteiger partial charge in [-0.25, -0.2) is 5.14 Å². The highest BCUT2D eigenvalue weighted by molar-refractivity contribution is 7.87. The van der Waals surface area contributed by atoms with E-state index in [1.165, 1.54) is 18.4 Å². The van der Waals surface area contributed by atoms with Gasteiger partial charge in [0.1, 0.15) is 11.6 Å². The molecule has 0 aliphatic carbocycles. The highest BCUT2D eigenvalue weighted by Gasteiger charge is 2.15. The van der Waals surface area contributed by atoms with Crippen LogP contribution in [0.3, 0.4) is 0 Å². The van der Waals surface area contributed by atoms with E-state index in [2.05, 4.69) is 11.4 Å². The summed E-state index contributed by atoms with van der Waals surface area (Å²) >= 11 is 0. The molecule has 8 heteroatoms. The summed E-state index contributed by atoms with van der Waals surface area (Å²) in [5.41, 5.74) is 1.20. The fourth-order valence-electron chi connectivity index (χ4n) is 2.88. The van der Waals surface area contributed by atoms with Gasteiger partial charge >= 0.3 is 0 Å². The lowest BCUT2D eigenvalue weighted by atomic mass is 9.92. The molecular formula is C16H26N4O3S. The first kappa shape index (κ1) is 18.7. The van der Waals surface area contributed by atoms with E-state index in [-0.39, 0.29) is 12.3 Å². The number of piperidine rings is 1. The second kappa shape index (κ2) is 9.00. The summed E-state index contributed by atoms with van der Waals surface area (Å²) < 4.78 is 29.4. The Hall–Kier alpha value is -1.64. The van der Waals surface area contributed by atoms with Crippen LogP contribution in [0, 0.1) is 11.3 Å². The van der Waals surface area contributed by atoms with Crippen molar-refractivity contribution in [1.82, 2.24) is 10.0 Å². The summed E-state index contributed by atoms with van der Waals surface area (Å²) in [7, 11) is -3.86. The summed E-state index contributed by atoms with van der Waals surface area (Å²) in [4.78, 5) is 0. The fourth-order valence-corrected chi connectivity index (χ4v) is 3.32. The predicted octanol–water partition coefficient (Wildman–Crippen LogP) is 1.16. The Morgan fingerprint density at radius 3 is 2.92 bits per heavy atom. The molecule has 0 amide bonds. The maximum atomic E-state index is 10.8. The smallest absolute Gasteiger partial charge is 0.297 e. The summed E-state index contributed by atoms with van der Waals surface area (Å²) in [6.07, 6.45) is 4.25. The van der Waals surface area contributed by atoms with Gasteiger partial charge in [0, 0.05) is 6.42 Å². The SMILES string of the molecule is N=C(CCCOc1ccccc1CC1CCCNC1)NS(N)(=O)=O. The molecule has 7 nitrogen and oxygen atoms in total. The third kappa shape index (κ3) is 6.86. The Bertz CT molecular complexity index is 642. The van der Waals surface area contributed by atoms with Crippen LogP contribution in [0.5, 0.6) is 5.75 Å². The molecule has 5 N–H and O–H groups in total. The minimum Gasteiger partial charge on any atom is -0.493 e. The van der Waals surface area contributed by atoms with Crippen LogP contribution < -0.4 is 19.9 Å². The van der Waals surface area contributed by atoms with Crippen LogP contribution in [0.1, 0.15) is 31.2 Å². The van der Waals surface area contributed by atoms with Crippen molar-refractivity contribution in [2.75, 3.05) is 19.7 Å². The zero-order chi connectivity index (χ0) is 17.4. The molecule has 2 rings (SSSR count). The van der Waals surface area contributed by atoms with Gasteiger partial charge in [0.2, 0.25) is 0 Å². The quantitative estimate of drug-likeness (QED) is 0.318. The van der Waals surface area contributed by atoms with E-state index in [9.17, 15) is 8.42 Å². The number of hydrogen-bond donors (Lipinski definition) is 4. The Labute approximate surface area is 143 Å². The van der Waals surface area contributed by atoms with Gasteiger partial charge in [0.25, 0.3) is 10.2 Å². The van der Waals surface area contributed by atoms with Crippen molar-refractivity contribution in [3.05, 3.63) is 29.8 Å². The first-order chi connectivity index (χ1) is 11.4. The number of nitrogens with two attached hydrogens (primary N) is 1. The van der Waals surface area contributed by atoms with Gasteiger partial charge in [0.05, 0.1) is 6.61 Å². The monoisotopic (exact) mass is 354 g/mol. The van der Waals surface area contributed by atoms with Crippen molar-refractivity contribution in [3.63, 3.8) is 0 Å². The molecule has 0 saturated carbocycles. The summed E-state index contributed by atoms with van der Waals surface area (Å²) in [5, 5.41) is 15.8. The largest absolute Gasteiger partial charge is 0.493 e. The number of nitrogens with one attached hydrogen (secondary N) is 3. The normalized spacial score (nSPS) is 18.1. The van der Waals surface area contributed by atoms with Gasteiger partial charge in [-0.05, 0) is 56.3 Å². The molecule has 24 heavy (non-hydrogen) atoms. The third-order valence-corrected chi connectivity index (χ3v) is 4.51. The second-order valence-corrected chi connectivity index (χ2v) is 7.40. The molecule has 0 radical (unpaired) electrons. The van der Waals surface area contributed by atoms with Gasteiger partial charge in [-0.1, -0.05) is 18.2 Å². The number of ether oxygens (including phenoxy) is 1. The minimum absolute atomic E-state index is 0.123. The molecule has 1 aromatic carbocycles. The zero-order valence-corrected chi connectivity index (χ0v) is 14.6. The second-order valence-electron chi connectivity index (χ2n) is 6.10. The molecule has 1 fully saturated rings. The number of rotatable bonds is 8. The van der Waals surface area contributed by atoms with Crippen molar-refractivity contribution in [2.24, 2.45) is 11.1 Å². The van der Waals surface area contributed by atoms with E-state index in [1.807, 2.05) is 22.9 Å². The molecule has 0 spiro atoms. The van der Waals surface area contributed by atoms with E-state index >= 15 is 0 Å². The molecule has 1 unspecified atom stereocenters. The lowest BCUT2D eigenvalue weighted by Crippen LogP contribution is -2.35. The number of benzene rings is 1. The summed E-state index contributed by atoms with van der Waals surface area (Å²) in [6.45, 7) is 2.58. The van der Waals surface area contributed by atoms with E-state index in [0.717, 1.165) is 25.3 Å². The molecule has 134 valence electrons. The van der Waals surface area contributed by atoms with Crippen molar-refractivity contribution in [2.45, 2.75) is 32.1 Å². The maximum Gasteiger partial charge on any atom is 0.297 e. The van der Waals surface area contributed by atoms with Crippen molar-refractivity contribution < 1.29 is 13.2 Å². The minimum atomic E-state index is -3.86. The molecule has 1 aliphatic rings. The zero-order valence-electron chi connectivity index (χ0n) is 13.8. The summed E-state index contributed by atoms with van der Waals surface area (Å²) in [5.74, 6) is 1.38. The van der Waals surface area contributed by atoms with Gasteiger partial charge < -0.3 is 10.1 Å². The predicted molar refractivity (Wildman–Crippen MR) is 94.4 cm³/mol. The molecule has 1 atom stereocenters. The van der Waals surface area contributed by atoms with Crippen LogP contribution in [0.4, 0.5) is 0 Å².